The molecule has 0 spiro atoms. The molecule has 7 nitrogen and oxygen atoms in total. The summed E-state index contributed by atoms with van der Waals surface area (Å²) in [5.41, 5.74) is 5.62. The quantitative estimate of drug-likeness (QED) is 0.633. The van der Waals surface area contributed by atoms with Crippen LogP contribution in [0.15, 0.2) is 41.7 Å². The summed E-state index contributed by atoms with van der Waals surface area (Å²) in [5, 5.41) is 10.5. The molecule has 3 rings (SSSR count). The van der Waals surface area contributed by atoms with E-state index < -0.39 is 35.3 Å². The minimum absolute atomic E-state index is 0.168. The van der Waals surface area contributed by atoms with Gasteiger partial charge >= 0.3 is 12.0 Å². The van der Waals surface area contributed by atoms with E-state index in [0.717, 1.165) is 42.6 Å². The van der Waals surface area contributed by atoms with Gasteiger partial charge in [0, 0.05) is 6.42 Å². The van der Waals surface area contributed by atoms with Crippen LogP contribution in [0.5, 0.6) is 0 Å². The molecule has 1 atom stereocenters. The van der Waals surface area contributed by atoms with Gasteiger partial charge in [0.2, 0.25) is 0 Å². The first-order chi connectivity index (χ1) is 12.5. The third-order valence-electron chi connectivity index (χ3n) is 4.86. The Hall–Kier alpha value is -2.83. The zero-order valence-electron chi connectivity index (χ0n) is 14.4. The second kappa shape index (κ2) is 7.59. The largest absolute Gasteiger partial charge is 0.509 e. The van der Waals surface area contributed by atoms with Gasteiger partial charge < -0.3 is 15.6 Å². The van der Waals surface area contributed by atoms with Crippen molar-refractivity contribution >= 4 is 17.9 Å². The molecule has 3 N–H and O–H groups in total. The molecule has 7 heteroatoms. The van der Waals surface area contributed by atoms with Crippen molar-refractivity contribution in [2.24, 2.45) is 5.73 Å². The molecule has 1 saturated carbocycles. The van der Waals surface area contributed by atoms with Gasteiger partial charge in [0.05, 0.1) is 0 Å². The number of ether oxygens (including phenoxy) is 1. The van der Waals surface area contributed by atoms with E-state index in [2.05, 4.69) is 0 Å². The topological polar surface area (TPSA) is 110 Å². The van der Waals surface area contributed by atoms with Crippen LogP contribution in [0.1, 0.15) is 37.7 Å². The average Bonchev–Trinajstić information content (AvgIpc) is 2.87. The number of aliphatic hydroxyl groups excluding tert-OH is 1. The Kier molecular flexibility index (Phi) is 5.25. The Bertz CT molecular complexity index is 738. The predicted octanol–water partition coefficient (Wildman–Crippen LogP) is 2.21. The number of nitrogens with two attached hydrogens (primary N) is 1. The zero-order chi connectivity index (χ0) is 18.7. The van der Waals surface area contributed by atoms with Gasteiger partial charge in [-0.1, -0.05) is 36.8 Å². The third kappa shape index (κ3) is 3.56. The molecule has 26 heavy (non-hydrogen) atoms. The van der Waals surface area contributed by atoms with Crippen molar-refractivity contribution in [3.63, 3.8) is 0 Å². The van der Waals surface area contributed by atoms with Crippen LogP contribution in [0.2, 0.25) is 0 Å². The number of amides is 3. The Balaban J connectivity index is 1.83. The van der Waals surface area contributed by atoms with Gasteiger partial charge in [0.1, 0.15) is 17.9 Å². The van der Waals surface area contributed by atoms with E-state index in [1.807, 2.05) is 6.07 Å². The smallest absolute Gasteiger partial charge is 0.347 e. The molecule has 138 valence electrons. The maximum Gasteiger partial charge on any atom is 0.347 e. The van der Waals surface area contributed by atoms with Crippen molar-refractivity contribution in [2.75, 3.05) is 0 Å². The normalized spacial score (nSPS) is 21.2. The van der Waals surface area contributed by atoms with E-state index in [0.29, 0.717) is 0 Å². The highest BCUT2D eigenvalue weighted by atomic mass is 16.5. The molecule has 0 bridgehead atoms. The summed E-state index contributed by atoms with van der Waals surface area (Å²) >= 11 is 0. The SMILES string of the molecule is NC(=O)N1C(=O)C(C(=O)OC2CCCCC2)=C(O)C1Cc1ccccc1. The molecule has 1 aliphatic heterocycles. The number of hydrogen-bond donors (Lipinski definition) is 2. The van der Waals surface area contributed by atoms with E-state index >= 15 is 0 Å². The van der Waals surface area contributed by atoms with Gasteiger partial charge in [-0.05, 0) is 31.2 Å². The lowest BCUT2D eigenvalue weighted by Gasteiger charge is -2.22. The van der Waals surface area contributed by atoms with Crippen LogP contribution in [0.3, 0.4) is 0 Å². The van der Waals surface area contributed by atoms with Gasteiger partial charge in [-0.2, -0.15) is 0 Å². The Morgan fingerprint density at radius 2 is 1.81 bits per heavy atom. The number of urea groups is 1. The van der Waals surface area contributed by atoms with E-state index in [1.165, 1.54) is 0 Å². The number of carbonyl (C=O) groups excluding carboxylic acids is 3. The second-order valence-electron chi connectivity index (χ2n) is 6.64. The predicted molar refractivity (Wildman–Crippen MR) is 93.0 cm³/mol. The highest BCUT2D eigenvalue weighted by Gasteiger charge is 2.46. The van der Waals surface area contributed by atoms with Gasteiger partial charge in [-0.3, -0.25) is 4.79 Å². The molecule has 1 aromatic carbocycles. The summed E-state index contributed by atoms with van der Waals surface area (Å²) in [6.07, 6.45) is 4.39. The maximum absolute atomic E-state index is 12.5. The number of aliphatic hydroxyl groups is 1. The highest BCUT2D eigenvalue weighted by Crippen LogP contribution is 2.29. The molecular formula is C19H22N2O5. The molecule has 1 heterocycles. The second-order valence-corrected chi connectivity index (χ2v) is 6.64. The minimum atomic E-state index is -1.01. The van der Waals surface area contributed by atoms with Crippen molar-refractivity contribution in [3.8, 4) is 0 Å². The van der Waals surface area contributed by atoms with Crippen molar-refractivity contribution < 1.29 is 24.2 Å². The first kappa shape index (κ1) is 18.0. The van der Waals surface area contributed by atoms with Crippen LogP contribution in [-0.4, -0.2) is 40.1 Å². The number of imide groups is 1. The fraction of sp³-hybridized carbons (Fsp3) is 0.421. The molecule has 0 aromatic heterocycles. The van der Waals surface area contributed by atoms with E-state index in [9.17, 15) is 19.5 Å². The van der Waals surface area contributed by atoms with Crippen molar-refractivity contribution in [1.29, 1.82) is 0 Å². The van der Waals surface area contributed by atoms with Crippen LogP contribution >= 0.6 is 0 Å². The molecular weight excluding hydrogens is 336 g/mol. The van der Waals surface area contributed by atoms with Crippen LogP contribution in [0.25, 0.3) is 0 Å². The first-order valence-corrected chi connectivity index (χ1v) is 8.80. The lowest BCUT2D eigenvalue weighted by molar-refractivity contribution is -0.147. The number of benzene rings is 1. The number of primary amides is 1. The molecule has 1 aromatic rings. The van der Waals surface area contributed by atoms with E-state index in [1.54, 1.807) is 24.3 Å². The minimum Gasteiger partial charge on any atom is -0.509 e. The average molecular weight is 358 g/mol. The van der Waals surface area contributed by atoms with Crippen molar-refractivity contribution in [2.45, 2.75) is 50.7 Å². The maximum atomic E-state index is 12.5. The van der Waals surface area contributed by atoms with Crippen LogP contribution in [0, 0.1) is 0 Å². The molecule has 2 aliphatic rings. The van der Waals surface area contributed by atoms with Gasteiger partial charge in [0.25, 0.3) is 5.91 Å². The molecule has 1 aliphatic carbocycles. The third-order valence-corrected chi connectivity index (χ3v) is 4.86. The fourth-order valence-corrected chi connectivity index (χ4v) is 3.52. The summed E-state index contributed by atoms with van der Waals surface area (Å²) in [6.45, 7) is 0. The number of esters is 1. The number of carbonyl (C=O) groups is 3. The van der Waals surface area contributed by atoms with Crippen LogP contribution in [-0.2, 0) is 20.7 Å². The molecule has 1 fully saturated rings. The Morgan fingerprint density at radius 1 is 1.15 bits per heavy atom. The van der Waals surface area contributed by atoms with E-state index in [4.69, 9.17) is 10.5 Å². The van der Waals surface area contributed by atoms with Gasteiger partial charge in [0.15, 0.2) is 5.57 Å². The zero-order valence-corrected chi connectivity index (χ0v) is 14.4. The molecule has 0 saturated heterocycles. The summed E-state index contributed by atoms with van der Waals surface area (Å²) in [6, 6.07) is 7.03. The summed E-state index contributed by atoms with van der Waals surface area (Å²) in [5.74, 6) is -2.25. The number of hydrogen-bond acceptors (Lipinski definition) is 5. The fourth-order valence-electron chi connectivity index (χ4n) is 3.52. The van der Waals surface area contributed by atoms with Crippen LogP contribution < -0.4 is 5.73 Å². The molecule has 3 amide bonds. The summed E-state index contributed by atoms with van der Waals surface area (Å²) < 4.78 is 5.39. The lowest BCUT2D eigenvalue weighted by atomic mass is 9.98. The standard InChI is InChI=1S/C19H22N2O5/c20-19(25)21-14(11-12-7-3-1-4-8-12)16(22)15(17(21)23)18(24)26-13-9-5-2-6-10-13/h1,3-4,7-8,13-14,22H,2,5-6,9-11H2,(H2,20,25). The summed E-state index contributed by atoms with van der Waals surface area (Å²) in [7, 11) is 0. The van der Waals surface area contributed by atoms with Crippen molar-refractivity contribution in [3.05, 3.63) is 47.2 Å². The van der Waals surface area contributed by atoms with Crippen molar-refractivity contribution in [1.82, 2.24) is 4.90 Å². The van der Waals surface area contributed by atoms with Crippen LogP contribution in [0.4, 0.5) is 4.79 Å². The first-order valence-electron chi connectivity index (χ1n) is 8.80. The van der Waals surface area contributed by atoms with E-state index in [-0.39, 0.29) is 12.5 Å². The molecule has 1 unspecified atom stereocenters. The number of rotatable bonds is 4. The summed E-state index contributed by atoms with van der Waals surface area (Å²) in [4.78, 5) is 37.5. The van der Waals surface area contributed by atoms with Gasteiger partial charge in [-0.25, -0.2) is 14.5 Å². The van der Waals surface area contributed by atoms with Gasteiger partial charge in [-0.15, -0.1) is 0 Å². The molecule has 0 radical (unpaired) electrons. The lowest BCUT2D eigenvalue weighted by Crippen LogP contribution is -2.45. The Morgan fingerprint density at radius 3 is 2.42 bits per heavy atom. The monoisotopic (exact) mass is 358 g/mol. The highest BCUT2D eigenvalue weighted by molar-refractivity contribution is 6.22. The number of nitrogens with zero attached hydrogens (tertiary/aromatic N) is 1. The Labute approximate surface area is 151 Å².